The first kappa shape index (κ1) is 23.7. The van der Waals surface area contributed by atoms with E-state index in [0.29, 0.717) is 12.0 Å². The summed E-state index contributed by atoms with van der Waals surface area (Å²) in [6.07, 6.45) is 4.19. The first-order valence-corrected chi connectivity index (χ1v) is 10.1. The summed E-state index contributed by atoms with van der Waals surface area (Å²) in [4.78, 5) is 18.2. The van der Waals surface area contributed by atoms with Crippen LogP contribution in [-0.2, 0) is 16.0 Å². The number of ether oxygens (including phenoxy) is 2. The number of amides is 1. The number of nitrogens with one attached hydrogen (secondary N) is 2. The van der Waals surface area contributed by atoms with Gasteiger partial charge in [-0.15, -0.1) is 24.0 Å². The van der Waals surface area contributed by atoms with Gasteiger partial charge < -0.3 is 25.0 Å². The molecule has 2 fully saturated rings. The number of hydrogen-bond acceptors (Lipinski definition) is 4. The van der Waals surface area contributed by atoms with Crippen LogP contribution in [0.1, 0.15) is 24.8 Å². The second kappa shape index (κ2) is 12.2. The van der Waals surface area contributed by atoms with E-state index in [2.05, 4.69) is 27.6 Å². The number of carbonyl (C=O) groups is 1. The molecule has 1 unspecified atom stereocenters. The second-order valence-electron chi connectivity index (χ2n) is 7.61. The van der Waals surface area contributed by atoms with Crippen molar-refractivity contribution in [2.75, 3.05) is 47.0 Å². The lowest BCUT2D eigenvalue weighted by Crippen LogP contribution is -2.42. The SMILES string of the molecule is CN=C(NCCc1ccc(OCC(=O)NC2CC2)cc1)N(C)CC1CCOC1.I. The molecular formula is C21H33IN4O3. The van der Waals surface area contributed by atoms with E-state index in [9.17, 15) is 4.79 Å². The van der Waals surface area contributed by atoms with Crippen LogP contribution in [0.5, 0.6) is 5.75 Å². The zero-order valence-corrected chi connectivity index (χ0v) is 19.7. The molecule has 0 aromatic heterocycles. The van der Waals surface area contributed by atoms with Gasteiger partial charge >= 0.3 is 0 Å². The highest BCUT2D eigenvalue weighted by atomic mass is 127. The van der Waals surface area contributed by atoms with E-state index in [-0.39, 0.29) is 36.5 Å². The van der Waals surface area contributed by atoms with Crippen molar-refractivity contribution in [3.63, 3.8) is 0 Å². The number of halogens is 1. The maximum atomic E-state index is 11.7. The van der Waals surface area contributed by atoms with Crippen LogP contribution in [0.15, 0.2) is 29.3 Å². The first-order chi connectivity index (χ1) is 13.6. The highest BCUT2D eigenvalue weighted by Crippen LogP contribution is 2.18. The highest BCUT2D eigenvalue weighted by Gasteiger charge is 2.23. The number of benzene rings is 1. The van der Waals surface area contributed by atoms with Crippen molar-refractivity contribution in [3.8, 4) is 5.75 Å². The molecule has 1 aromatic carbocycles. The Morgan fingerprint density at radius 1 is 1.28 bits per heavy atom. The van der Waals surface area contributed by atoms with E-state index in [0.717, 1.165) is 63.7 Å². The van der Waals surface area contributed by atoms with E-state index in [4.69, 9.17) is 9.47 Å². The molecule has 1 aliphatic heterocycles. The third kappa shape index (κ3) is 8.38. The topological polar surface area (TPSA) is 75.2 Å². The van der Waals surface area contributed by atoms with Gasteiger partial charge in [-0.25, -0.2) is 0 Å². The minimum atomic E-state index is -0.0459. The molecular weight excluding hydrogens is 483 g/mol. The van der Waals surface area contributed by atoms with Crippen LogP contribution in [0.25, 0.3) is 0 Å². The molecule has 1 aliphatic carbocycles. The molecule has 0 spiro atoms. The van der Waals surface area contributed by atoms with Gasteiger partial charge in [0.2, 0.25) is 0 Å². The van der Waals surface area contributed by atoms with Crippen LogP contribution in [0.2, 0.25) is 0 Å². The Kier molecular flexibility index (Phi) is 9.99. The van der Waals surface area contributed by atoms with Gasteiger partial charge in [0, 0.05) is 45.8 Å². The average Bonchev–Trinajstić information content (AvgIpc) is 3.36. The zero-order valence-electron chi connectivity index (χ0n) is 17.4. The number of nitrogens with zero attached hydrogens (tertiary/aromatic N) is 2. The summed E-state index contributed by atoms with van der Waals surface area (Å²) in [7, 11) is 3.88. The van der Waals surface area contributed by atoms with Crippen molar-refractivity contribution in [2.45, 2.75) is 31.7 Å². The summed E-state index contributed by atoms with van der Waals surface area (Å²) < 4.78 is 11.0. The normalized spacial score (nSPS) is 18.7. The van der Waals surface area contributed by atoms with Crippen LogP contribution in [0.4, 0.5) is 0 Å². The van der Waals surface area contributed by atoms with Crippen LogP contribution in [0, 0.1) is 5.92 Å². The fraction of sp³-hybridized carbons (Fsp3) is 0.619. The monoisotopic (exact) mass is 516 g/mol. The van der Waals surface area contributed by atoms with Gasteiger partial charge in [0.1, 0.15) is 5.75 Å². The summed E-state index contributed by atoms with van der Waals surface area (Å²) in [6.45, 7) is 3.56. The predicted molar refractivity (Wildman–Crippen MR) is 125 cm³/mol. The van der Waals surface area contributed by atoms with Gasteiger partial charge in [-0.2, -0.15) is 0 Å². The Labute approximate surface area is 190 Å². The minimum absolute atomic E-state index is 0. The van der Waals surface area contributed by atoms with Crippen molar-refractivity contribution in [3.05, 3.63) is 29.8 Å². The largest absolute Gasteiger partial charge is 0.484 e. The molecule has 162 valence electrons. The van der Waals surface area contributed by atoms with Crippen molar-refractivity contribution in [1.29, 1.82) is 0 Å². The van der Waals surface area contributed by atoms with Crippen molar-refractivity contribution >= 4 is 35.8 Å². The molecule has 3 rings (SSSR count). The molecule has 8 heteroatoms. The molecule has 29 heavy (non-hydrogen) atoms. The van der Waals surface area contributed by atoms with Gasteiger partial charge in [0.15, 0.2) is 12.6 Å². The Balaban J connectivity index is 0.00000300. The average molecular weight is 516 g/mol. The lowest BCUT2D eigenvalue weighted by molar-refractivity contribution is -0.123. The van der Waals surface area contributed by atoms with Crippen LogP contribution < -0.4 is 15.4 Å². The molecule has 7 nitrogen and oxygen atoms in total. The fourth-order valence-electron chi connectivity index (χ4n) is 3.30. The smallest absolute Gasteiger partial charge is 0.258 e. The quantitative estimate of drug-likeness (QED) is 0.299. The summed E-state index contributed by atoms with van der Waals surface area (Å²) in [5.41, 5.74) is 1.21. The molecule has 0 radical (unpaired) electrons. The van der Waals surface area contributed by atoms with Crippen molar-refractivity contribution in [2.24, 2.45) is 10.9 Å². The molecule has 2 N–H and O–H groups in total. The zero-order chi connectivity index (χ0) is 19.8. The van der Waals surface area contributed by atoms with Crippen LogP contribution in [-0.4, -0.2) is 69.8 Å². The van der Waals surface area contributed by atoms with Gasteiger partial charge in [0.05, 0.1) is 6.61 Å². The third-order valence-electron chi connectivity index (χ3n) is 5.06. The van der Waals surface area contributed by atoms with E-state index >= 15 is 0 Å². The lowest BCUT2D eigenvalue weighted by Gasteiger charge is -2.24. The van der Waals surface area contributed by atoms with E-state index in [1.165, 1.54) is 5.56 Å². The summed E-state index contributed by atoms with van der Waals surface area (Å²) in [5, 5.41) is 6.34. The van der Waals surface area contributed by atoms with E-state index in [1.807, 2.05) is 31.3 Å². The molecule has 1 saturated carbocycles. The molecule has 1 aromatic rings. The molecule has 1 atom stereocenters. The lowest BCUT2D eigenvalue weighted by atomic mass is 10.1. The molecule has 0 bridgehead atoms. The maximum Gasteiger partial charge on any atom is 0.258 e. The molecule has 1 amide bonds. The summed E-state index contributed by atoms with van der Waals surface area (Å²) in [5.74, 6) is 2.17. The highest BCUT2D eigenvalue weighted by molar-refractivity contribution is 14.0. The van der Waals surface area contributed by atoms with Crippen LogP contribution in [0.3, 0.4) is 0 Å². The van der Waals surface area contributed by atoms with E-state index in [1.54, 1.807) is 0 Å². The minimum Gasteiger partial charge on any atom is -0.484 e. The van der Waals surface area contributed by atoms with Gasteiger partial charge in [-0.05, 0) is 43.4 Å². The second-order valence-corrected chi connectivity index (χ2v) is 7.61. The third-order valence-corrected chi connectivity index (χ3v) is 5.06. The number of aliphatic imine (C=N–C) groups is 1. The number of carbonyl (C=O) groups excluding carboxylic acids is 1. The molecule has 1 saturated heterocycles. The molecule has 1 heterocycles. The number of hydrogen-bond donors (Lipinski definition) is 2. The summed E-state index contributed by atoms with van der Waals surface area (Å²) >= 11 is 0. The molecule has 2 aliphatic rings. The Bertz CT molecular complexity index is 658. The summed E-state index contributed by atoms with van der Waals surface area (Å²) in [6, 6.07) is 8.28. The Hall–Kier alpha value is -1.55. The van der Waals surface area contributed by atoms with Crippen molar-refractivity contribution in [1.82, 2.24) is 15.5 Å². The van der Waals surface area contributed by atoms with E-state index < -0.39 is 0 Å². The van der Waals surface area contributed by atoms with Gasteiger partial charge in [-0.1, -0.05) is 12.1 Å². The van der Waals surface area contributed by atoms with Crippen LogP contribution >= 0.6 is 24.0 Å². The van der Waals surface area contributed by atoms with Gasteiger partial charge in [0.25, 0.3) is 5.91 Å². The number of rotatable bonds is 9. The number of guanidine groups is 1. The Morgan fingerprint density at radius 3 is 2.66 bits per heavy atom. The first-order valence-electron chi connectivity index (χ1n) is 10.1. The fourth-order valence-corrected chi connectivity index (χ4v) is 3.30. The predicted octanol–water partition coefficient (Wildman–Crippen LogP) is 2.05. The Morgan fingerprint density at radius 2 is 2.03 bits per heavy atom. The van der Waals surface area contributed by atoms with Gasteiger partial charge in [-0.3, -0.25) is 9.79 Å². The standard InChI is InChI=1S/C21H32N4O3.HI/c1-22-21(25(2)13-17-10-12-27-14-17)23-11-9-16-3-7-19(8-4-16)28-15-20(26)24-18-5-6-18;/h3-4,7-8,17-18H,5-6,9-15H2,1-2H3,(H,22,23)(H,24,26);1H. The maximum absolute atomic E-state index is 11.7. The van der Waals surface area contributed by atoms with Crippen molar-refractivity contribution < 1.29 is 14.3 Å².